The SMILES string of the molecule is NC(=O)[C@H](C(=O)Nc1ccc(N2CCOCC2=O)c(F)c1)N(CC(F)(F)F)CC(F)(F)F. The number of hydrogen-bond acceptors (Lipinski definition) is 5. The molecule has 2 rings (SSSR count). The van der Waals surface area contributed by atoms with Crippen LogP contribution >= 0.6 is 0 Å². The molecule has 0 aromatic heterocycles. The van der Waals surface area contributed by atoms with E-state index in [1.807, 2.05) is 5.32 Å². The normalized spacial score (nSPS) is 16.2. The lowest BCUT2D eigenvalue weighted by atomic mass is 10.1. The van der Waals surface area contributed by atoms with Crippen molar-refractivity contribution in [3.8, 4) is 0 Å². The zero-order chi connectivity index (χ0) is 24.3. The maximum atomic E-state index is 14.4. The van der Waals surface area contributed by atoms with Crippen molar-refractivity contribution in [2.45, 2.75) is 18.4 Å². The van der Waals surface area contributed by atoms with Gasteiger partial charge in [-0.1, -0.05) is 0 Å². The van der Waals surface area contributed by atoms with Gasteiger partial charge in [-0.2, -0.15) is 26.3 Å². The van der Waals surface area contributed by atoms with Crippen LogP contribution in [0.1, 0.15) is 0 Å². The fourth-order valence-electron chi connectivity index (χ4n) is 2.96. The number of nitrogens with one attached hydrogen (secondary N) is 1. The molecular formula is C17H17F7N4O4. The van der Waals surface area contributed by atoms with Gasteiger partial charge < -0.3 is 20.7 Å². The number of ether oxygens (including phenoxy) is 1. The highest BCUT2D eigenvalue weighted by atomic mass is 19.4. The summed E-state index contributed by atoms with van der Waals surface area (Å²) in [6.45, 7) is -4.61. The average Bonchev–Trinajstić information content (AvgIpc) is 2.59. The quantitative estimate of drug-likeness (QED) is 0.460. The van der Waals surface area contributed by atoms with Crippen LogP contribution in [-0.2, 0) is 19.1 Å². The van der Waals surface area contributed by atoms with Gasteiger partial charge in [-0.25, -0.2) is 4.39 Å². The van der Waals surface area contributed by atoms with Crippen molar-refractivity contribution in [1.82, 2.24) is 4.90 Å². The third kappa shape index (κ3) is 7.05. The predicted molar refractivity (Wildman–Crippen MR) is 94.9 cm³/mol. The van der Waals surface area contributed by atoms with Crippen molar-refractivity contribution >= 4 is 29.1 Å². The number of morpholine rings is 1. The van der Waals surface area contributed by atoms with Crippen molar-refractivity contribution in [2.24, 2.45) is 5.73 Å². The molecule has 0 aliphatic carbocycles. The number of nitrogens with zero attached hydrogens (tertiary/aromatic N) is 2. The molecule has 15 heteroatoms. The second-order valence-corrected chi connectivity index (χ2v) is 6.69. The number of carbonyl (C=O) groups is 3. The summed E-state index contributed by atoms with van der Waals surface area (Å²) in [5.74, 6) is -4.96. The molecule has 0 bridgehead atoms. The number of anilines is 2. The van der Waals surface area contributed by atoms with Crippen LogP contribution in [0, 0.1) is 5.82 Å². The fourth-order valence-corrected chi connectivity index (χ4v) is 2.96. The standard InChI is InChI=1S/C17H17F7N4O4/c18-10-5-9(1-2-11(10)28-3-4-32-6-12(28)29)26-15(31)13(14(25)30)27(7-16(19,20)21)8-17(22,23)24/h1-2,5,13H,3-4,6-8H2,(H2,25,30)(H,26,31)/t13-/m1/s1. The molecule has 0 radical (unpaired) electrons. The third-order valence-electron chi connectivity index (χ3n) is 4.14. The van der Waals surface area contributed by atoms with E-state index in [-0.39, 0.29) is 31.1 Å². The Morgan fingerprint density at radius 1 is 1.16 bits per heavy atom. The maximum absolute atomic E-state index is 14.4. The summed E-state index contributed by atoms with van der Waals surface area (Å²) in [6.07, 6.45) is -10.4. The lowest BCUT2D eigenvalue weighted by Gasteiger charge is -2.30. The summed E-state index contributed by atoms with van der Waals surface area (Å²) < 4.78 is 95.7. The Morgan fingerprint density at radius 2 is 1.75 bits per heavy atom. The number of primary amides is 1. The molecule has 3 N–H and O–H groups in total. The number of nitrogens with two attached hydrogens (primary N) is 1. The lowest BCUT2D eigenvalue weighted by molar-refractivity contribution is -0.187. The van der Waals surface area contributed by atoms with Crippen LogP contribution in [0.2, 0.25) is 0 Å². The van der Waals surface area contributed by atoms with E-state index >= 15 is 0 Å². The maximum Gasteiger partial charge on any atom is 0.401 e. The van der Waals surface area contributed by atoms with Gasteiger partial charge in [0.2, 0.25) is 5.91 Å². The van der Waals surface area contributed by atoms with Gasteiger partial charge in [-0.3, -0.25) is 19.3 Å². The molecule has 0 spiro atoms. The Kier molecular flexibility index (Phi) is 7.66. The Hall–Kier alpha value is -2.94. The van der Waals surface area contributed by atoms with E-state index in [1.54, 1.807) is 0 Å². The van der Waals surface area contributed by atoms with Crippen LogP contribution in [0.4, 0.5) is 42.1 Å². The molecule has 178 valence electrons. The molecule has 3 amide bonds. The van der Waals surface area contributed by atoms with E-state index in [4.69, 9.17) is 10.5 Å². The van der Waals surface area contributed by atoms with E-state index in [9.17, 15) is 45.1 Å². The van der Waals surface area contributed by atoms with Crippen molar-refractivity contribution < 1.29 is 49.9 Å². The molecule has 1 atom stereocenters. The largest absolute Gasteiger partial charge is 0.401 e. The molecule has 1 aromatic rings. The smallest absolute Gasteiger partial charge is 0.370 e. The molecule has 1 heterocycles. The third-order valence-corrected chi connectivity index (χ3v) is 4.14. The predicted octanol–water partition coefficient (Wildman–Crippen LogP) is 1.41. The number of amides is 3. The van der Waals surface area contributed by atoms with E-state index in [2.05, 4.69) is 0 Å². The Morgan fingerprint density at radius 3 is 2.22 bits per heavy atom. The fraction of sp³-hybridized carbons (Fsp3) is 0.471. The zero-order valence-corrected chi connectivity index (χ0v) is 16.1. The first-order valence-corrected chi connectivity index (χ1v) is 8.83. The molecule has 1 aliphatic rings. The molecule has 1 aliphatic heterocycles. The number of benzene rings is 1. The number of rotatable bonds is 7. The van der Waals surface area contributed by atoms with Crippen LogP contribution in [0.3, 0.4) is 0 Å². The van der Waals surface area contributed by atoms with Gasteiger partial charge in [-0.15, -0.1) is 0 Å². The van der Waals surface area contributed by atoms with Gasteiger partial charge in [0.15, 0.2) is 6.04 Å². The van der Waals surface area contributed by atoms with Crippen molar-refractivity contribution in [3.05, 3.63) is 24.0 Å². The van der Waals surface area contributed by atoms with Gasteiger partial charge in [0.05, 0.1) is 25.4 Å². The van der Waals surface area contributed by atoms with Gasteiger partial charge in [0.1, 0.15) is 12.4 Å². The molecule has 1 fully saturated rings. The van der Waals surface area contributed by atoms with Crippen molar-refractivity contribution in [2.75, 3.05) is 43.1 Å². The van der Waals surface area contributed by atoms with Crippen LogP contribution in [-0.4, -0.2) is 73.9 Å². The second-order valence-electron chi connectivity index (χ2n) is 6.69. The summed E-state index contributed by atoms with van der Waals surface area (Å²) >= 11 is 0. The minimum atomic E-state index is -5.18. The molecular weight excluding hydrogens is 457 g/mol. The highest BCUT2D eigenvalue weighted by molar-refractivity contribution is 6.09. The first-order chi connectivity index (χ1) is 14.7. The summed E-state index contributed by atoms with van der Waals surface area (Å²) in [6, 6.07) is 0.152. The Bertz CT molecular complexity index is 859. The van der Waals surface area contributed by atoms with Crippen LogP contribution in [0.25, 0.3) is 0 Å². The van der Waals surface area contributed by atoms with Crippen molar-refractivity contribution in [3.63, 3.8) is 0 Å². The van der Waals surface area contributed by atoms with E-state index < -0.39 is 59.9 Å². The van der Waals surface area contributed by atoms with Crippen LogP contribution < -0.4 is 16.0 Å². The van der Waals surface area contributed by atoms with Crippen molar-refractivity contribution in [1.29, 1.82) is 0 Å². The summed E-state index contributed by atoms with van der Waals surface area (Å²) in [5, 5.41) is 1.87. The monoisotopic (exact) mass is 474 g/mol. The zero-order valence-electron chi connectivity index (χ0n) is 16.1. The van der Waals surface area contributed by atoms with Gasteiger partial charge >= 0.3 is 12.4 Å². The molecule has 0 saturated carbocycles. The topological polar surface area (TPSA) is 105 Å². The average molecular weight is 474 g/mol. The minimum Gasteiger partial charge on any atom is -0.370 e. The number of alkyl halides is 6. The second kappa shape index (κ2) is 9.68. The number of halogens is 7. The number of hydrogen-bond donors (Lipinski definition) is 2. The van der Waals surface area contributed by atoms with Gasteiger partial charge in [-0.05, 0) is 18.2 Å². The minimum absolute atomic E-state index is 0.0368. The molecule has 1 saturated heterocycles. The summed E-state index contributed by atoms with van der Waals surface area (Å²) in [5.41, 5.74) is 4.32. The van der Waals surface area contributed by atoms with Crippen LogP contribution in [0.15, 0.2) is 18.2 Å². The van der Waals surface area contributed by atoms with E-state index in [0.717, 1.165) is 17.0 Å². The summed E-state index contributed by atoms with van der Waals surface area (Å²) in [4.78, 5) is 36.3. The Labute approximate surface area is 176 Å². The highest BCUT2D eigenvalue weighted by Gasteiger charge is 2.44. The van der Waals surface area contributed by atoms with Gasteiger partial charge in [0, 0.05) is 12.2 Å². The first-order valence-electron chi connectivity index (χ1n) is 8.83. The molecule has 8 nitrogen and oxygen atoms in total. The first kappa shape index (κ1) is 25.3. The lowest BCUT2D eigenvalue weighted by Crippen LogP contribution is -2.56. The molecule has 32 heavy (non-hydrogen) atoms. The van der Waals surface area contributed by atoms with Gasteiger partial charge in [0.25, 0.3) is 11.8 Å². The Balaban J connectivity index is 2.25. The highest BCUT2D eigenvalue weighted by Crippen LogP contribution is 2.26. The van der Waals surface area contributed by atoms with E-state index in [1.165, 1.54) is 0 Å². The molecule has 1 aromatic carbocycles. The van der Waals surface area contributed by atoms with Crippen LogP contribution in [0.5, 0.6) is 0 Å². The molecule has 0 unspecified atom stereocenters. The van der Waals surface area contributed by atoms with E-state index in [0.29, 0.717) is 6.07 Å². The summed E-state index contributed by atoms with van der Waals surface area (Å²) in [7, 11) is 0. The number of carbonyl (C=O) groups excluding carboxylic acids is 3.